The molecule has 0 aliphatic carbocycles. The van der Waals surface area contributed by atoms with Gasteiger partial charge in [-0.2, -0.15) is 0 Å². The highest BCUT2D eigenvalue weighted by Crippen LogP contribution is 2.43. The molecule has 1 amide bonds. The van der Waals surface area contributed by atoms with E-state index in [2.05, 4.69) is 4.98 Å². The highest BCUT2D eigenvalue weighted by atomic mass is 32.1. The second kappa shape index (κ2) is 8.60. The van der Waals surface area contributed by atoms with E-state index in [0.717, 1.165) is 16.2 Å². The number of nitrogens with zero attached hydrogens (tertiary/aromatic N) is 3. The van der Waals surface area contributed by atoms with Gasteiger partial charge in [-0.1, -0.05) is 24.3 Å². The van der Waals surface area contributed by atoms with E-state index in [4.69, 9.17) is 4.74 Å². The van der Waals surface area contributed by atoms with E-state index in [1.807, 2.05) is 6.92 Å². The number of amides is 1. The third kappa shape index (κ3) is 3.71. The normalized spacial score (nSPS) is 17.5. The molecule has 2 aromatic carbocycles. The van der Waals surface area contributed by atoms with Gasteiger partial charge in [0.05, 0.1) is 23.1 Å². The molecule has 0 bridgehead atoms. The van der Waals surface area contributed by atoms with Gasteiger partial charge >= 0.3 is 5.91 Å². The van der Waals surface area contributed by atoms with Crippen molar-refractivity contribution in [2.45, 2.75) is 13.0 Å². The van der Waals surface area contributed by atoms with Gasteiger partial charge in [-0.25, -0.2) is 4.98 Å². The zero-order valence-corrected chi connectivity index (χ0v) is 17.6. The van der Waals surface area contributed by atoms with E-state index in [-0.39, 0.29) is 22.0 Å². The first-order valence-electron chi connectivity index (χ1n) is 9.60. The maximum atomic E-state index is 13.0. The van der Waals surface area contributed by atoms with Gasteiger partial charge in [-0.3, -0.25) is 24.6 Å². The summed E-state index contributed by atoms with van der Waals surface area (Å²) in [5.41, 5.74) is 0.199. The minimum atomic E-state index is -1.09. The number of aromatic nitrogens is 1. The predicted molar refractivity (Wildman–Crippen MR) is 118 cm³/mol. The molecule has 1 aromatic heterocycles. The average Bonchev–Trinajstić information content (AvgIpc) is 3.41. The Morgan fingerprint density at radius 3 is 2.72 bits per heavy atom. The highest BCUT2D eigenvalue weighted by Gasteiger charge is 2.48. The first kappa shape index (κ1) is 21.2. The van der Waals surface area contributed by atoms with Gasteiger partial charge in [0.25, 0.3) is 11.5 Å². The number of benzene rings is 2. The van der Waals surface area contributed by atoms with Crippen molar-refractivity contribution in [3.8, 4) is 5.75 Å². The number of hydrogen-bond donors (Lipinski definition) is 1. The molecule has 2 heterocycles. The number of non-ortho nitro benzene ring substituents is 1. The van der Waals surface area contributed by atoms with Crippen LogP contribution in [0.25, 0.3) is 5.76 Å². The molecule has 4 rings (SSSR count). The molecule has 0 radical (unpaired) electrons. The molecule has 1 aliphatic rings. The van der Waals surface area contributed by atoms with Crippen LogP contribution >= 0.6 is 11.3 Å². The monoisotopic (exact) mass is 451 g/mol. The van der Waals surface area contributed by atoms with Crippen molar-refractivity contribution in [3.05, 3.63) is 86.9 Å². The summed E-state index contributed by atoms with van der Waals surface area (Å²) in [6.45, 7) is 2.22. The molecular formula is C22H17N3O6S. The molecular weight excluding hydrogens is 434 g/mol. The minimum absolute atomic E-state index is 0.181. The average molecular weight is 451 g/mol. The quantitative estimate of drug-likeness (QED) is 0.197. The molecule has 162 valence electrons. The lowest BCUT2D eigenvalue weighted by molar-refractivity contribution is -0.384. The number of aliphatic hydroxyl groups is 1. The predicted octanol–water partition coefficient (Wildman–Crippen LogP) is 4.08. The van der Waals surface area contributed by atoms with Gasteiger partial charge in [0.1, 0.15) is 11.5 Å². The van der Waals surface area contributed by atoms with Crippen LogP contribution in [-0.2, 0) is 9.59 Å². The van der Waals surface area contributed by atoms with Crippen LogP contribution in [0.5, 0.6) is 5.75 Å². The number of nitro groups is 1. The minimum Gasteiger partial charge on any atom is -0.507 e. The van der Waals surface area contributed by atoms with Crippen molar-refractivity contribution in [3.63, 3.8) is 0 Å². The number of carbonyl (C=O) groups excluding carboxylic acids is 2. The first-order valence-corrected chi connectivity index (χ1v) is 10.5. The largest absolute Gasteiger partial charge is 0.507 e. The number of anilines is 1. The summed E-state index contributed by atoms with van der Waals surface area (Å²) in [5, 5.41) is 24.3. The molecule has 9 nitrogen and oxygen atoms in total. The van der Waals surface area contributed by atoms with E-state index in [1.54, 1.807) is 35.7 Å². The second-order valence-electron chi connectivity index (χ2n) is 6.80. The first-order chi connectivity index (χ1) is 15.4. The van der Waals surface area contributed by atoms with Crippen LogP contribution in [0.1, 0.15) is 24.1 Å². The summed E-state index contributed by atoms with van der Waals surface area (Å²) < 4.78 is 5.46. The summed E-state index contributed by atoms with van der Waals surface area (Å²) in [4.78, 5) is 42.0. The summed E-state index contributed by atoms with van der Waals surface area (Å²) in [6.07, 6.45) is 1.48. The standard InChI is InChI=1S/C22H17N3O6S/c1-2-31-16-8-4-6-14(12-16)19(26)17-18(13-5-3-7-15(11-13)25(29)30)24(21(28)20(17)27)22-23-9-10-32-22/h3-12,18,26H,2H2,1H3/b19-17+. The fourth-order valence-electron chi connectivity index (χ4n) is 3.54. The number of carbonyl (C=O) groups is 2. The number of ketones is 1. The van der Waals surface area contributed by atoms with E-state index in [9.17, 15) is 24.8 Å². The van der Waals surface area contributed by atoms with Gasteiger partial charge in [-0.05, 0) is 24.6 Å². The molecule has 1 unspecified atom stereocenters. The Hall–Kier alpha value is -4.05. The maximum absolute atomic E-state index is 13.0. The molecule has 1 N–H and O–H groups in total. The lowest BCUT2D eigenvalue weighted by atomic mass is 9.95. The molecule has 0 saturated carbocycles. The van der Waals surface area contributed by atoms with Crippen molar-refractivity contribution < 1.29 is 24.4 Å². The van der Waals surface area contributed by atoms with Crippen LogP contribution in [0.4, 0.5) is 10.8 Å². The maximum Gasteiger partial charge on any atom is 0.301 e. The Balaban J connectivity index is 1.93. The van der Waals surface area contributed by atoms with E-state index >= 15 is 0 Å². The SMILES string of the molecule is CCOc1cccc(/C(O)=C2\C(=O)C(=O)N(c3nccs3)C2c2cccc([N+](=O)[O-])c2)c1. The summed E-state index contributed by atoms with van der Waals surface area (Å²) in [5.74, 6) is -1.70. The smallest absolute Gasteiger partial charge is 0.301 e. The van der Waals surface area contributed by atoms with Crippen molar-refractivity contribution >= 4 is 39.6 Å². The zero-order valence-electron chi connectivity index (χ0n) is 16.8. The number of hydrogen-bond acceptors (Lipinski definition) is 8. The fourth-order valence-corrected chi connectivity index (χ4v) is 4.21. The molecule has 1 fully saturated rings. The lowest BCUT2D eigenvalue weighted by Gasteiger charge is -2.22. The van der Waals surface area contributed by atoms with E-state index in [1.165, 1.54) is 24.4 Å². The molecule has 1 aliphatic heterocycles. The number of ether oxygens (including phenoxy) is 1. The van der Waals surface area contributed by atoms with Crippen molar-refractivity contribution in [1.82, 2.24) is 4.98 Å². The van der Waals surface area contributed by atoms with Crippen LogP contribution in [0.15, 0.2) is 65.7 Å². The Bertz CT molecular complexity index is 1240. The van der Waals surface area contributed by atoms with Crippen LogP contribution in [0, 0.1) is 10.1 Å². The van der Waals surface area contributed by atoms with E-state index < -0.39 is 28.4 Å². The fraction of sp³-hybridized carbons (Fsp3) is 0.136. The Kier molecular flexibility index (Phi) is 5.69. The molecule has 1 atom stereocenters. The van der Waals surface area contributed by atoms with Gasteiger partial charge in [-0.15, -0.1) is 11.3 Å². The van der Waals surface area contributed by atoms with Crippen molar-refractivity contribution in [1.29, 1.82) is 0 Å². The van der Waals surface area contributed by atoms with Gasteiger partial charge in [0.2, 0.25) is 0 Å². The summed E-state index contributed by atoms with van der Waals surface area (Å²) in [6, 6.07) is 11.0. The summed E-state index contributed by atoms with van der Waals surface area (Å²) in [7, 11) is 0. The Morgan fingerprint density at radius 1 is 1.25 bits per heavy atom. The highest BCUT2D eigenvalue weighted by molar-refractivity contribution is 7.14. The molecule has 10 heteroatoms. The van der Waals surface area contributed by atoms with Crippen LogP contribution in [0.3, 0.4) is 0 Å². The molecule has 32 heavy (non-hydrogen) atoms. The van der Waals surface area contributed by atoms with Crippen LogP contribution < -0.4 is 9.64 Å². The van der Waals surface area contributed by atoms with Crippen LogP contribution in [0.2, 0.25) is 0 Å². The van der Waals surface area contributed by atoms with Gasteiger partial charge < -0.3 is 9.84 Å². The third-order valence-electron chi connectivity index (χ3n) is 4.89. The number of Topliss-reactive ketones (excluding diaryl/α,β-unsaturated/α-hetero) is 1. The topological polar surface area (TPSA) is 123 Å². The Morgan fingerprint density at radius 2 is 2.03 bits per heavy atom. The zero-order chi connectivity index (χ0) is 22.8. The van der Waals surface area contributed by atoms with Crippen LogP contribution in [-0.4, -0.2) is 33.3 Å². The van der Waals surface area contributed by atoms with Gasteiger partial charge in [0.15, 0.2) is 5.13 Å². The van der Waals surface area contributed by atoms with Crippen molar-refractivity contribution in [2.75, 3.05) is 11.5 Å². The molecule has 3 aromatic rings. The number of rotatable bonds is 6. The third-order valence-corrected chi connectivity index (χ3v) is 5.66. The second-order valence-corrected chi connectivity index (χ2v) is 7.67. The summed E-state index contributed by atoms with van der Waals surface area (Å²) >= 11 is 1.14. The van der Waals surface area contributed by atoms with E-state index in [0.29, 0.717) is 17.9 Å². The molecule has 0 spiro atoms. The lowest BCUT2D eigenvalue weighted by Crippen LogP contribution is -2.29. The molecule has 1 saturated heterocycles. The van der Waals surface area contributed by atoms with Gasteiger partial charge in [0, 0.05) is 29.3 Å². The number of thiazole rings is 1. The number of nitro benzene ring substituents is 1. The number of aliphatic hydroxyl groups excluding tert-OH is 1. The van der Waals surface area contributed by atoms with Crippen molar-refractivity contribution in [2.24, 2.45) is 0 Å². The Labute approximate surface area is 186 Å².